The molecule has 0 N–H and O–H groups in total. The number of allylic oxidation sites excluding steroid dienone is 6. The molecule has 1 rings (SSSR count). The second-order valence-corrected chi connectivity index (χ2v) is 3.77. The summed E-state index contributed by atoms with van der Waals surface area (Å²) in [5, 5.41) is 0. The molecule has 0 radical (unpaired) electrons. The highest BCUT2D eigenvalue weighted by Crippen LogP contribution is 2.17. The van der Waals surface area contributed by atoms with Gasteiger partial charge in [-0.25, -0.2) is 0 Å². The van der Waals surface area contributed by atoms with Crippen LogP contribution in [0.3, 0.4) is 0 Å². The minimum absolute atomic E-state index is 1.02. The van der Waals surface area contributed by atoms with Crippen LogP contribution < -0.4 is 0 Å². The van der Waals surface area contributed by atoms with Crippen LogP contribution in [0.1, 0.15) is 25.0 Å². The Labute approximate surface area is 98.3 Å². The second-order valence-electron chi connectivity index (χ2n) is 3.77. The normalized spacial score (nSPS) is 11.1. The average Bonchev–Trinajstić information content (AvgIpc) is 2.29. The van der Waals surface area contributed by atoms with Gasteiger partial charge in [-0.2, -0.15) is 0 Å². The third-order valence-corrected chi connectivity index (χ3v) is 2.35. The molecule has 0 spiro atoms. The molecule has 0 aliphatic carbocycles. The van der Waals surface area contributed by atoms with Crippen LogP contribution in [0.5, 0.6) is 0 Å². The zero-order chi connectivity index (χ0) is 12.0. The van der Waals surface area contributed by atoms with Gasteiger partial charge in [0.05, 0.1) is 0 Å². The van der Waals surface area contributed by atoms with Crippen LogP contribution in [-0.2, 0) is 0 Å². The minimum Gasteiger partial charge on any atom is -0.0955 e. The van der Waals surface area contributed by atoms with Crippen molar-refractivity contribution in [2.24, 2.45) is 0 Å². The lowest BCUT2D eigenvalue weighted by Crippen LogP contribution is -1.81. The van der Waals surface area contributed by atoms with Crippen LogP contribution in [0.2, 0.25) is 0 Å². The largest absolute Gasteiger partial charge is 0.0955 e. The number of rotatable bonds is 4. The predicted molar refractivity (Wildman–Crippen MR) is 74.1 cm³/mol. The lowest BCUT2D eigenvalue weighted by Gasteiger charge is -2.03. The van der Waals surface area contributed by atoms with Gasteiger partial charge in [-0.15, -0.1) is 0 Å². The van der Waals surface area contributed by atoms with E-state index in [4.69, 9.17) is 0 Å². The summed E-state index contributed by atoms with van der Waals surface area (Å²) >= 11 is 0. The summed E-state index contributed by atoms with van der Waals surface area (Å²) in [5.74, 6) is 0. The quantitative estimate of drug-likeness (QED) is 0.622. The van der Waals surface area contributed by atoms with Crippen LogP contribution in [0.25, 0.3) is 11.1 Å². The number of benzene rings is 1. The molecule has 0 heteroatoms. The third kappa shape index (κ3) is 3.39. The van der Waals surface area contributed by atoms with Gasteiger partial charge in [0.15, 0.2) is 0 Å². The van der Waals surface area contributed by atoms with E-state index in [1.54, 1.807) is 0 Å². The average molecular weight is 210 g/mol. The zero-order valence-electron chi connectivity index (χ0n) is 10.0. The van der Waals surface area contributed by atoms with Crippen LogP contribution in [0, 0.1) is 0 Å². The van der Waals surface area contributed by atoms with Gasteiger partial charge in [0.1, 0.15) is 0 Å². The van der Waals surface area contributed by atoms with Crippen molar-refractivity contribution < 1.29 is 0 Å². The van der Waals surface area contributed by atoms with Gasteiger partial charge < -0.3 is 0 Å². The fourth-order valence-corrected chi connectivity index (χ4v) is 1.35. The number of hydrogen-bond acceptors (Lipinski definition) is 0. The molecule has 16 heavy (non-hydrogen) atoms. The van der Waals surface area contributed by atoms with E-state index in [-0.39, 0.29) is 0 Å². The standard InChI is InChI=1S/C16H18/c1-5-6-7-8-14(4)16-11-9-15(10-12-16)13(2)3/h5-12H,2,4H2,1,3H3/b6-5-,8-7-. The highest BCUT2D eigenvalue weighted by Gasteiger charge is 1.96. The summed E-state index contributed by atoms with van der Waals surface area (Å²) in [6.07, 6.45) is 7.99. The van der Waals surface area contributed by atoms with E-state index in [1.807, 2.05) is 38.2 Å². The molecule has 0 heterocycles. The molecule has 0 atom stereocenters. The van der Waals surface area contributed by atoms with E-state index in [0.29, 0.717) is 0 Å². The summed E-state index contributed by atoms with van der Waals surface area (Å²) in [6, 6.07) is 8.30. The maximum absolute atomic E-state index is 4.03. The first-order chi connectivity index (χ1) is 7.65. The maximum atomic E-state index is 4.03. The maximum Gasteiger partial charge on any atom is -0.0190 e. The fourth-order valence-electron chi connectivity index (χ4n) is 1.35. The van der Waals surface area contributed by atoms with Gasteiger partial charge in [-0.1, -0.05) is 67.3 Å². The molecule has 1 aromatic carbocycles. The van der Waals surface area contributed by atoms with E-state index < -0.39 is 0 Å². The molecule has 0 aliphatic heterocycles. The van der Waals surface area contributed by atoms with Crippen molar-refractivity contribution in [2.75, 3.05) is 0 Å². The van der Waals surface area contributed by atoms with Gasteiger partial charge in [-0.3, -0.25) is 0 Å². The Kier molecular flexibility index (Phi) is 4.53. The molecule has 0 bridgehead atoms. The number of hydrogen-bond donors (Lipinski definition) is 0. The Hall–Kier alpha value is -1.82. The van der Waals surface area contributed by atoms with Gasteiger partial charge >= 0.3 is 0 Å². The van der Waals surface area contributed by atoms with Gasteiger partial charge in [0, 0.05) is 0 Å². The topological polar surface area (TPSA) is 0 Å². The summed E-state index contributed by atoms with van der Waals surface area (Å²) < 4.78 is 0. The van der Waals surface area contributed by atoms with Gasteiger partial charge in [-0.05, 0) is 30.5 Å². The first-order valence-electron chi connectivity index (χ1n) is 5.39. The van der Waals surface area contributed by atoms with Crippen molar-refractivity contribution in [3.63, 3.8) is 0 Å². The van der Waals surface area contributed by atoms with Crippen LogP contribution in [0.15, 0.2) is 61.7 Å². The second kappa shape index (κ2) is 5.92. The highest BCUT2D eigenvalue weighted by molar-refractivity contribution is 5.73. The van der Waals surface area contributed by atoms with Crippen molar-refractivity contribution in [1.82, 2.24) is 0 Å². The van der Waals surface area contributed by atoms with Crippen LogP contribution >= 0.6 is 0 Å². The summed E-state index contributed by atoms with van der Waals surface area (Å²) in [5.41, 5.74) is 4.42. The van der Waals surface area contributed by atoms with Crippen molar-refractivity contribution in [1.29, 1.82) is 0 Å². The molecule has 0 unspecified atom stereocenters. The first-order valence-corrected chi connectivity index (χ1v) is 5.39. The Balaban J connectivity index is 2.82. The molecule has 0 aromatic heterocycles. The van der Waals surface area contributed by atoms with Crippen molar-refractivity contribution >= 4 is 11.1 Å². The zero-order valence-corrected chi connectivity index (χ0v) is 10.0. The molecule has 0 saturated carbocycles. The molecular weight excluding hydrogens is 192 g/mol. The first kappa shape index (κ1) is 12.3. The summed E-state index contributed by atoms with van der Waals surface area (Å²) in [7, 11) is 0. The Bertz CT molecular complexity index is 428. The van der Waals surface area contributed by atoms with Gasteiger partial charge in [0.25, 0.3) is 0 Å². The molecule has 82 valence electrons. The predicted octanol–water partition coefficient (Wildman–Crippen LogP) is 4.87. The molecule has 0 fully saturated rings. The SMILES string of the molecule is C=C(C)c1ccc(C(=C)/C=C\C=C/C)cc1. The van der Waals surface area contributed by atoms with E-state index in [2.05, 4.69) is 37.4 Å². The van der Waals surface area contributed by atoms with E-state index >= 15 is 0 Å². The fraction of sp³-hybridized carbons (Fsp3) is 0.125. The van der Waals surface area contributed by atoms with E-state index in [1.165, 1.54) is 5.56 Å². The lowest BCUT2D eigenvalue weighted by atomic mass is 10.0. The molecular formula is C16H18. The van der Waals surface area contributed by atoms with Crippen molar-refractivity contribution in [2.45, 2.75) is 13.8 Å². The van der Waals surface area contributed by atoms with Crippen molar-refractivity contribution in [3.8, 4) is 0 Å². The monoisotopic (exact) mass is 210 g/mol. The molecule has 0 amide bonds. The molecule has 0 aliphatic rings. The Morgan fingerprint density at radius 3 is 2.06 bits per heavy atom. The lowest BCUT2D eigenvalue weighted by molar-refractivity contribution is 1.55. The molecule has 1 aromatic rings. The van der Waals surface area contributed by atoms with Gasteiger partial charge in [0.2, 0.25) is 0 Å². The Morgan fingerprint density at radius 1 is 1.00 bits per heavy atom. The van der Waals surface area contributed by atoms with E-state index in [0.717, 1.165) is 16.7 Å². The van der Waals surface area contributed by atoms with E-state index in [9.17, 15) is 0 Å². The van der Waals surface area contributed by atoms with Crippen LogP contribution in [0.4, 0.5) is 0 Å². The highest BCUT2D eigenvalue weighted by atomic mass is 14.0. The molecule has 0 nitrogen and oxygen atoms in total. The van der Waals surface area contributed by atoms with Crippen molar-refractivity contribution in [3.05, 3.63) is 72.9 Å². The summed E-state index contributed by atoms with van der Waals surface area (Å²) in [4.78, 5) is 0. The molecule has 0 saturated heterocycles. The third-order valence-electron chi connectivity index (χ3n) is 2.35. The van der Waals surface area contributed by atoms with Crippen LogP contribution in [-0.4, -0.2) is 0 Å². The summed E-state index contributed by atoms with van der Waals surface area (Å²) in [6.45, 7) is 11.9. The minimum atomic E-state index is 1.02. The smallest absolute Gasteiger partial charge is 0.0190 e. The Morgan fingerprint density at radius 2 is 1.56 bits per heavy atom.